The molecule has 10 heteroatoms. The summed E-state index contributed by atoms with van der Waals surface area (Å²) in [6.45, 7) is 0. The van der Waals surface area contributed by atoms with Crippen molar-refractivity contribution in [3.8, 4) is 0 Å². The van der Waals surface area contributed by atoms with Crippen LogP contribution in [0.1, 0.15) is 28.7 Å². The van der Waals surface area contributed by atoms with Crippen LogP contribution in [0, 0.1) is 0 Å². The zero-order chi connectivity index (χ0) is 21.4. The van der Waals surface area contributed by atoms with Crippen LogP contribution in [0.15, 0.2) is 45.8 Å². The van der Waals surface area contributed by atoms with Crippen molar-refractivity contribution in [3.05, 3.63) is 63.1 Å². The molecule has 2 N–H and O–H groups in total. The minimum Gasteiger partial charge on any atom is -0.481 e. The number of carbonyl (C=O) groups is 1. The van der Waals surface area contributed by atoms with Crippen LogP contribution >= 0.6 is 15.9 Å². The fourth-order valence-electron chi connectivity index (χ4n) is 3.40. The van der Waals surface area contributed by atoms with Gasteiger partial charge in [0.05, 0.1) is 10.5 Å². The number of carboxylic acids is 1. The third kappa shape index (κ3) is 5.18. The Balaban J connectivity index is 1.79. The number of carboxylic acid groups (broad SMARTS) is 1. The quantitative estimate of drug-likeness (QED) is 0.641. The van der Waals surface area contributed by atoms with E-state index < -0.39 is 38.7 Å². The third-order valence-corrected chi connectivity index (χ3v) is 6.76. The molecule has 0 aliphatic heterocycles. The number of aryl methyl sites for hydroxylation is 1. The van der Waals surface area contributed by atoms with Crippen molar-refractivity contribution >= 4 is 31.9 Å². The Kier molecular flexibility index (Phi) is 6.07. The maximum Gasteiger partial charge on any atom is 0.417 e. The van der Waals surface area contributed by atoms with E-state index in [9.17, 15) is 26.4 Å². The fraction of sp³-hybridized carbons (Fsp3) is 0.316. The molecule has 1 unspecified atom stereocenters. The van der Waals surface area contributed by atoms with Gasteiger partial charge in [0.25, 0.3) is 0 Å². The van der Waals surface area contributed by atoms with E-state index >= 15 is 0 Å². The van der Waals surface area contributed by atoms with Gasteiger partial charge in [-0.3, -0.25) is 4.79 Å². The number of hydrogen-bond donors (Lipinski definition) is 2. The van der Waals surface area contributed by atoms with E-state index in [1.807, 2.05) is 12.1 Å². The van der Waals surface area contributed by atoms with Crippen LogP contribution in [0.3, 0.4) is 0 Å². The Morgan fingerprint density at radius 3 is 2.48 bits per heavy atom. The molecule has 0 aromatic heterocycles. The molecule has 1 aliphatic rings. The second-order valence-corrected chi connectivity index (χ2v) is 9.46. The number of halogens is 4. The van der Waals surface area contributed by atoms with E-state index in [0.29, 0.717) is 19.3 Å². The first-order chi connectivity index (χ1) is 13.5. The van der Waals surface area contributed by atoms with Gasteiger partial charge in [-0.05, 0) is 54.2 Å². The lowest BCUT2D eigenvalue weighted by atomic mass is 10.0. The van der Waals surface area contributed by atoms with E-state index in [2.05, 4.69) is 20.7 Å². The largest absolute Gasteiger partial charge is 0.481 e. The SMILES string of the molecule is O=C(O)CCc1ccc2c(c1)CC(NS(=O)(=O)c1ccc(Br)cc1C(F)(F)F)C2. The molecule has 1 aliphatic carbocycles. The van der Waals surface area contributed by atoms with E-state index in [1.54, 1.807) is 6.07 Å². The van der Waals surface area contributed by atoms with Gasteiger partial charge in [0, 0.05) is 16.9 Å². The Bertz CT molecular complexity index is 1050. The average molecular weight is 492 g/mol. The second-order valence-electron chi connectivity index (χ2n) is 6.86. The Hall–Kier alpha value is -1.91. The lowest BCUT2D eigenvalue weighted by Crippen LogP contribution is -2.36. The molecule has 0 spiro atoms. The van der Waals surface area contributed by atoms with E-state index in [4.69, 9.17) is 5.11 Å². The molecule has 0 heterocycles. The lowest BCUT2D eigenvalue weighted by Gasteiger charge is -2.17. The van der Waals surface area contributed by atoms with Gasteiger partial charge >= 0.3 is 12.1 Å². The van der Waals surface area contributed by atoms with Crippen molar-refractivity contribution in [1.29, 1.82) is 0 Å². The summed E-state index contributed by atoms with van der Waals surface area (Å²) in [6, 6.07) is 7.77. The molecule has 0 radical (unpaired) electrons. The van der Waals surface area contributed by atoms with Crippen molar-refractivity contribution in [2.75, 3.05) is 0 Å². The van der Waals surface area contributed by atoms with Crippen molar-refractivity contribution in [2.45, 2.75) is 42.8 Å². The number of nitrogens with one attached hydrogen (secondary N) is 1. The molecule has 1 atom stereocenters. The predicted octanol–water partition coefficient (Wildman–Crippen LogP) is 3.93. The first-order valence-electron chi connectivity index (χ1n) is 8.67. The van der Waals surface area contributed by atoms with Gasteiger partial charge in [0.2, 0.25) is 10.0 Å². The van der Waals surface area contributed by atoms with Gasteiger partial charge in [-0.15, -0.1) is 0 Å². The van der Waals surface area contributed by atoms with Gasteiger partial charge in [0.15, 0.2) is 0 Å². The summed E-state index contributed by atoms with van der Waals surface area (Å²) in [4.78, 5) is 9.90. The molecule has 0 bridgehead atoms. The molecule has 3 rings (SSSR count). The van der Waals surface area contributed by atoms with Gasteiger partial charge < -0.3 is 5.11 Å². The highest BCUT2D eigenvalue weighted by atomic mass is 79.9. The molecule has 29 heavy (non-hydrogen) atoms. The number of sulfonamides is 1. The van der Waals surface area contributed by atoms with Crippen molar-refractivity contribution in [2.24, 2.45) is 0 Å². The van der Waals surface area contributed by atoms with E-state index in [1.165, 1.54) is 6.07 Å². The first-order valence-corrected chi connectivity index (χ1v) is 10.9. The summed E-state index contributed by atoms with van der Waals surface area (Å²) in [5, 5.41) is 8.78. The summed E-state index contributed by atoms with van der Waals surface area (Å²) in [5.41, 5.74) is 1.35. The molecular weight excluding hydrogens is 475 g/mol. The van der Waals surface area contributed by atoms with E-state index in [-0.39, 0.29) is 10.9 Å². The third-order valence-electron chi connectivity index (χ3n) is 4.69. The number of alkyl halides is 3. The van der Waals surface area contributed by atoms with Crippen LogP contribution in [-0.4, -0.2) is 25.5 Å². The Labute approximate surface area is 174 Å². The van der Waals surface area contributed by atoms with Gasteiger partial charge in [-0.2, -0.15) is 13.2 Å². The minimum atomic E-state index is -4.81. The standard InChI is InChI=1S/C19H17BrF3NO4S/c20-14-4-5-17(16(10-14)19(21,22)23)29(27,28)24-15-8-12-3-1-11(2-6-18(25)26)7-13(12)9-15/h1,3-5,7,10,15,24H,2,6,8-9H2,(H,25,26). The van der Waals surface area contributed by atoms with Crippen LogP contribution in [-0.2, 0) is 40.3 Å². The zero-order valence-electron chi connectivity index (χ0n) is 15.0. The highest BCUT2D eigenvalue weighted by molar-refractivity contribution is 9.10. The van der Waals surface area contributed by atoms with Crippen molar-refractivity contribution in [3.63, 3.8) is 0 Å². The average Bonchev–Trinajstić information content (AvgIpc) is 2.99. The number of fused-ring (bicyclic) bond motifs is 1. The van der Waals surface area contributed by atoms with Gasteiger partial charge in [-0.25, -0.2) is 13.1 Å². The topological polar surface area (TPSA) is 83.5 Å². The minimum absolute atomic E-state index is 0.0152. The second kappa shape index (κ2) is 8.08. The molecule has 2 aromatic rings. The number of benzene rings is 2. The van der Waals surface area contributed by atoms with Gasteiger partial charge in [0.1, 0.15) is 0 Å². The van der Waals surface area contributed by atoms with Crippen LogP contribution in [0.25, 0.3) is 0 Å². The normalized spacial score (nSPS) is 16.6. The fourth-order valence-corrected chi connectivity index (χ4v) is 5.21. The summed E-state index contributed by atoms with van der Waals surface area (Å²) in [7, 11) is -4.39. The highest BCUT2D eigenvalue weighted by Gasteiger charge is 2.38. The molecule has 0 saturated carbocycles. The molecule has 0 saturated heterocycles. The molecule has 156 valence electrons. The molecule has 5 nitrogen and oxygen atoms in total. The Morgan fingerprint density at radius 2 is 1.83 bits per heavy atom. The maximum atomic E-state index is 13.3. The summed E-state index contributed by atoms with van der Waals surface area (Å²) in [5.74, 6) is -0.911. The number of rotatable bonds is 6. The smallest absolute Gasteiger partial charge is 0.417 e. The number of aliphatic carboxylic acids is 1. The monoisotopic (exact) mass is 491 g/mol. The molecule has 2 aromatic carbocycles. The Morgan fingerprint density at radius 1 is 1.14 bits per heavy atom. The summed E-state index contributed by atoms with van der Waals surface area (Å²) in [6.07, 6.45) is -3.80. The summed E-state index contributed by atoms with van der Waals surface area (Å²) < 4.78 is 67.8. The predicted molar refractivity (Wildman–Crippen MR) is 103 cm³/mol. The summed E-state index contributed by atoms with van der Waals surface area (Å²) >= 11 is 2.94. The van der Waals surface area contributed by atoms with Crippen LogP contribution in [0.5, 0.6) is 0 Å². The van der Waals surface area contributed by atoms with Gasteiger partial charge in [-0.1, -0.05) is 34.1 Å². The van der Waals surface area contributed by atoms with Crippen LogP contribution in [0.2, 0.25) is 0 Å². The van der Waals surface area contributed by atoms with E-state index in [0.717, 1.165) is 28.8 Å². The first kappa shape index (κ1) is 21.8. The maximum absolute atomic E-state index is 13.3. The van der Waals surface area contributed by atoms with Crippen molar-refractivity contribution < 1.29 is 31.5 Å². The van der Waals surface area contributed by atoms with Crippen LogP contribution in [0.4, 0.5) is 13.2 Å². The zero-order valence-corrected chi connectivity index (χ0v) is 17.4. The molecule has 0 amide bonds. The lowest BCUT2D eigenvalue weighted by molar-refractivity contribution is -0.140. The molecule has 0 fully saturated rings. The number of hydrogen-bond acceptors (Lipinski definition) is 3. The highest BCUT2D eigenvalue weighted by Crippen LogP contribution is 2.36. The van der Waals surface area contributed by atoms with Crippen LogP contribution < -0.4 is 4.72 Å². The molecular formula is C19H17BrF3NO4S. The van der Waals surface area contributed by atoms with Crippen molar-refractivity contribution in [1.82, 2.24) is 4.72 Å².